The van der Waals surface area contributed by atoms with Crippen LogP contribution < -0.4 is 20.7 Å². The van der Waals surface area contributed by atoms with Crippen molar-refractivity contribution in [1.82, 2.24) is 10.6 Å². The third-order valence-corrected chi connectivity index (χ3v) is 18.0. The van der Waals surface area contributed by atoms with E-state index < -0.39 is 34.9 Å². The number of amides is 3. The molecule has 3 aromatic rings. The molecule has 4 aliphatic carbocycles. The fourth-order valence-corrected chi connectivity index (χ4v) is 13.9. The quantitative estimate of drug-likeness (QED) is 0.0174. The summed E-state index contributed by atoms with van der Waals surface area (Å²) in [5, 5.41) is 19.6. The first kappa shape index (κ1) is 58.8. The number of carbonyl (C=O) groups is 5. The van der Waals surface area contributed by atoms with Gasteiger partial charge in [0.25, 0.3) is 5.69 Å². The Kier molecular flexibility index (Phi) is 20.7. The van der Waals surface area contributed by atoms with Crippen molar-refractivity contribution in [1.29, 1.82) is 0 Å². The first-order valence-corrected chi connectivity index (χ1v) is 28.8. The Balaban J connectivity index is 0.821. The fourth-order valence-electron chi connectivity index (χ4n) is 13.9. The van der Waals surface area contributed by atoms with Crippen molar-refractivity contribution >= 4 is 41.0 Å². The van der Waals surface area contributed by atoms with Crippen molar-refractivity contribution in [2.75, 3.05) is 18.5 Å². The Morgan fingerprint density at radius 3 is 2.21 bits per heavy atom. The van der Waals surface area contributed by atoms with Crippen LogP contribution in [0.3, 0.4) is 0 Å². The standard InChI is InChI=1S/C63H86N4O10/c1-41(2)13-11-14-43(5)53-27-28-54-51-26-19-46-38-50(31-33-62(46,6)55(51)32-34-63(53,54)7)75-36-12-35-64-57(68)29-30-58(69)66-56(37-42(3)4)60(71)52(45-15-9-8-10-16-45)39-59(70)65-47-20-17-44(18-21-47)40-76-61(72)77-49-24-22-48(23-25-49)67(73)74/h8-10,15-25,41-43,50-56H,11-14,26-40H2,1-7H3,(H,64,68)(H,65,70)(H,66,69)/t43-,50?,51+,52?,53-,54+,55+,56+,62+,63-/m0/s1. The number of nitro groups is 1. The molecule has 0 spiro atoms. The van der Waals surface area contributed by atoms with E-state index in [1.165, 1.54) is 82.1 Å². The number of allylic oxidation sites excluding steroid dienone is 1. The molecule has 3 saturated carbocycles. The molecule has 14 heteroatoms. The minimum Gasteiger partial charge on any atom is -0.429 e. The first-order valence-electron chi connectivity index (χ1n) is 28.8. The van der Waals surface area contributed by atoms with Crippen LogP contribution in [0, 0.1) is 62.4 Å². The molecule has 4 aliphatic rings. The number of hydrogen-bond acceptors (Lipinski definition) is 10. The lowest BCUT2D eigenvalue weighted by atomic mass is 9.47. The highest BCUT2D eigenvalue weighted by Gasteiger charge is 2.59. The van der Waals surface area contributed by atoms with E-state index in [-0.39, 0.29) is 66.4 Å². The van der Waals surface area contributed by atoms with Gasteiger partial charge in [0.05, 0.1) is 23.0 Å². The van der Waals surface area contributed by atoms with Gasteiger partial charge in [-0.2, -0.15) is 0 Å². The van der Waals surface area contributed by atoms with E-state index in [0.29, 0.717) is 48.2 Å². The number of hydrogen-bond donors (Lipinski definition) is 3. The third kappa shape index (κ3) is 15.7. The first-order chi connectivity index (χ1) is 36.8. The molecule has 0 aliphatic heterocycles. The number of anilines is 1. The number of Topliss-reactive ketones (excluding diaryl/α,β-unsaturated/α-hetero) is 1. The zero-order valence-electron chi connectivity index (χ0n) is 46.8. The van der Waals surface area contributed by atoms with Gasteiger partial charge in [-0.3, -0.25) is 29.3 Å². The molecule has 418 valence electrons. The van der Waals surface area contributed by atoms with E-state index in [2.05, 4.69) is 56.6 Å². The number of nitro benzene ring substituents is 1. The second-order valence-electron chi connectivity index (χ2n) is 24.2. The molecule has 0 saturated heterocycles. The summed E-state index contributed by atoms with van der Waals surface area (Å²) in [6.45, 7) is 17.3. The van der Waals surface area contributed by atoms with Crippen LogP contribution in [-0.2, 0) is 35.3 Å². The molecule has 0 aromatic heterocycles. The van der Waals surface area contributed by atoms with Crippen molar-refractivity contribution in [3.8, 4) is 5.75 Å². The monoisotopic (exact) mass is 1060 g/mol. The van der Waals surface area contributed by atoms with E-state index >= 15 is 0 Å². The average molecular weight is 1060 g/mol. The van der Waals surface area contributed by atoms with Crippen LogP contribution in [0.2, 0.25) is 0 Å². The Morgan fingerprint density at radius 2 is 1.51 bits per heavy atom. The highest BCUT2D eigenvalue weighted by atomic mass is 16.7. The summed E-state index contributed by atoms with van der Waals surface area (Å²) in [7, 11) is 0. The van der Waals surface area contributed by atoms with Gasteiger partial charge in [-0.15, -0.1) is 0 Å². The normalized spacial score (nSPS) is 24.7. The van der Waals surface area contributed by atoms with Crippen molar-refractivity contribution in [2.24, 2.45) is 52.3 Å². The summed E-state index contributed by atoms with van der Waals surface area (Å²) in [5.41, 5.74) is 3.94. The molecule has 3 N–H and O–H groups in total. The molecule has 14 nitrogen and oxygen atoms in total. The Morgan fingerprint density at radius 1 is 0.779 bits per heavy atom. The van der Waals surface area contributed by atoms with Crippen LogP contribution in [0.5, 0.6) is 5.75 Å². The molecule has 7 rings (SSSR count). The second kappa shape index (κ2) is 27.1. The zero-order valence-corrected chi connectivity index (χ0v) is 46.8. The number of non-ortho nitro benzene ring substituents is 1. The van der Waals surface area contributed by atoms with Gasteiger partial charge in [-0.05, 0) is 152 Å². The summed E-state index contributed by atoms with van der Waals surface area (Å²) in [6, 6.07) is 19.7. The zero-order chi connectivity index (χ0) is 55.3. The van der Waals surface area contributed by atoms with Crippen LogP contribution >= 0.6 is 0 Å². The maximum absolute atomic E-state index is 14.4. The predicted octanol–water partition coefficient (Wildman–Crippen LogP) is 13.2. The van der Waals surface area contributed by atoms with E-state index in [4.69, 9.17) is 14.2 Å². The van der Waals surface area contributed by atoms with E-state index in [1.54, 1.807) is 54.1 Å². The summed E-state index contributed by atoms with van der Waals surface area (Å²) in [6.07, 6.45) is 16.7. The molecule has 3 aromatic carbocycles. The van der Waals surface area contributed by atoms with Crippen LogP contribution in [0.15, 0.2) is 90.5 Å². The van der Waals surface area contributed by atoms with Crippen LogP contribution in [-0.4, -0.2) is 59.9 Å². The van der Waals surface area contributed by atoms with Gasteiger partial charge in [0.2, 0.25) is 17.7 Å². The molecule has 0 bridgehead atoms. The van der Waals surface area contributed by atoms with Crippen LogP contribution in [0.25, 0.3) is 0 Å². The number of fused-ring (bicyclic) bond motifs is 5. The molecule has 2 unspecified atom stereocenters. The highest BCUT2D eigenvalue weighted by Crippen LogP contribution is 2.67. The number of nitrogens with one attached hydrogen (secondary N) is 3. The molecular weight excluding hydrogens is 973 g/mol. The van der Waals surface area contributed by atoms with E-state index in [0.717, 1.165) is 48.3 Å². The van der Waals surface area contributed by atoms with Gasteiger partial charge in [0.1, 0.15) is 12.4 Å². The van der Waals surface area contributed by atoms with Crippen molar-refractivity contribution < 1.29 is 43.1 Å². The Bertz CT molecular complexity index is 2510. The van der Waals surface area contributed by atoms with E-state index in [1.807, 2.05) is 19.9 Å². The van der Waals surface area contributed by atoms with Gasteiger partial charge < -0.3 is 30.2 Å². The molecule has 3 amide bonds. The fraction of sp³-hybridized carbons (Fsp3) is 0.603. The van der Waals surface area contributed by atoms with Crippen molar-refractivity contribution in [3.05, 3.63) is 112 Å². The lowest BCUT2D eigenvalue weighted by Gasteiger charge is -2.58. The SMILES string of the molecule is CC(C)CCC[C@H](C)[C@@H]1CC[C@@H]2[C@H]3CC=C4CC(OCCCNC(=O)CCC(=O)N[C@H](CC(C)C)C(=O)C(CC(=O)Nc5ccc(COC(=O)Oc6ccc([N+](=O)[O-])cc6)cc5)c5ccccc5)CC[C@@]4(C)[C@@H]3CC[C@]21C. The number of rotatable bonds is 26. The third-order valence-electron chi connectivity index (χ3n) is 18.0. The number of carbonyl (C=O) groups excluding carboxylic acids is 5. The molecule has 0 radical (unpaired) electrons. The van der Waals surface area contributed by atoms with Gasteiger partial charge >= 0.3 is 6.16 Å². The minimum absolute atomic E-state index is 0.0213. The van der Waals surface area contributed by atoms with Crippen LogP contribution in [0.1, 0.15) is 168 Å². The lowest BCUT2D eigenvalue weighted by molar-refractivity contribution is -0.384. The van der Waals surface area contributed by atoms with Gasteiger partial charge in [-0.1, -0.05) is 122 Å². The summed E-state index contributed by atoms with van der Waals surface area (Å²) < 4.78 is 16.7. The molecule has 3 fully saturated rings. The number of ether oxygens (including phenoxy) is 3. The van der Waals surface area contributed by atoms with Crippen LogP contribution in [0.4, 0.5) is 16.2 Å². The van der Waals surface area contributed by atoms with Crippen molar-refractivity contribution in [3.63, 3.8) is 0 Å². The van der Waals surface area contributed by atoms with Crippen molar-refractivity contribution in [2.45, 2.75) is 176 Å². The molecule has 77 heavy (non-hydrogen) atoms. The Hall–Kier alpha value is -5.89. The lowest BCUT2D eigenvalue weighted by Crippen LogP contribution is -2.51. The minimum atomic E-state index is -0.992. The van der Waals surface area contributed by atoms with Gasteiger partial charge in [0, 0.05) is 50.2 Å². The average Bonchev–Trinajstić information content (AvgIpc) is 3.88. The smallest absolute Gasteiger partial charge is 0.429 e. The second-order valence-corrected chi connectivity index (χ2v) is 24.2. The molecule has 0 heterocycles. The maximum Gasteiger partial charge on any atom is 0.514 e. The number of ketones is 1. The summed E-state index contributed by atoms with van der Waals surface area (Å²) in [4.78, 5) is 76.8. The number of nitrogens with zero attached hydrogens (tertiary/aromatic N) is 1. The van der Waals surface area contributed by atoms with Gasteiger partial charge in [-0.25, -0.2) is 4.79 Å². The molecular formula is C63H86N4O10. The topological polar surface area (TPSA) is 192 Å². The predicted molar refractivity (Wildman–Crippen MR) is 299 cm³/mol. The highest BCUT2D eigenvalue weighted by molar-refractivity contribution is 6.00. The largest absolute Gasteiger partial charge is 0.514 e. The number of benzene rings is 3. The molecule has 10 atom stereocenters. The van der Waals surface area contributed by atoms with Gasteiger partial charge in [0.15, 0.2) is 5.78 Å². The Labute approximate surface area is 457 Å². The van der Waals surface area contributed by atoms with E-state index in [9.17, 15) is 34.1 Å². The maximum atomic E-state index is 14.4. The summed E-state index contributed by atoms with van der Waals surface area (Å²) >= 11 is 0. The summed E-state index contributed by atoms with van der Waals surface area (Å²) in [5.74, 6) is 2.83.